The molecule has 3 heteroatoms. The first-order valence-corrected chi connectivity index (χ1v) is 9.17. The van der Waals surface area contributed by atoms with E-state index in [0.717, 1.165) is 22.6 Å². The summed E-state index contributed by atoms with van der Waals surface area (Å²) in [4.78, 5) is 3.56. The molecule has 0 spiro atoms. The fourth-order valence-electron chi connectivity index (χ4n) is 1.60. The molecule has 0 saturated heterocycles. The highest BCUT2D eigenvalue weighted by molar-refractivity contribution is 6.74. The van der Waals surface area contributed by atoms with Crippen molar-refractivity contribution in [3.63, 3.8) is 0 Å². The molecule has 0 radical (unpaired) electrons. The maximum atomic E-state index is 7.17. The zero-order valence-electron chi connectivity index (χ0n) is 12.5. The second kappa shape index (κ2) is 4.77. The van der Waals surface area contributed by atoms with Crippen LogP contribution in [0.5, 0.6) is 5.75 Å². The smallest absolute Gasteiger partial charge is 0.250 e. The fourth-order valence-corrected chi connectivity index (χ4v) is 2.61. The van der Waals surface area contributed by atoms with Crippen LogP contribution in [-0.2, 0) is 0 Å². The molecule has 0 atom stereocenters. The molecule has 18 heavy (non-hydrogen) atoms. The van der Waals surface area contributed by atoms with Crippen LogP contribution in [0.4, 0.5) is 5.69 Å². The van der Waals surface area contributed by atoms with Gasteiger partial charge in [-0.3, -0.25) is 0 Å². The zero-order valence-corrected chi connectivity index (χ0v) is 13.5. The molecule has 0 amide bonds. The van der Waals surface area contributed by atoms with E-state index in [-0.39, 0.29) is 5.04 Å². The van der Waals surface area contributed by atoms with Crippen molar-refractivity contribution >= 4 is 14.0 Å². The van der Waals surface area contributed by atoms with Gasteiger partial charge in [0.1, 0.15) is 5.75 Å². The molecule has 0 saturated carbocycles. The van der Waals surface area contributed by atoms with Gasteiger partial charge in [-0.15, -0.1) is 0 Å². The normalized spacial score (nSPS) is 12.1. The van der Waals surface area contributed by atoms with Crippen LogP contribution in [0.1, 0.15) is 31.9 Å². The Balaban J connectivity index is 3.12. The predicted octanol–water partition coefficient (Wildman–Crippen LogP) is 5.24. The third kappa shape index (κ3) is 2.94. The van der Waals surface area contributed by atoms with Gasteiger partial charge in [-0.05, 0) is 55.2 Å². The van der Waals surface area contributed by atoms with Crippen LogP contribution in [-0.4, -0.2) is 8.32 Å². The van der Waals surface area contributed by atoms with Gasteiger partial charge in [0, 0.05) is 0 Å². The molecular weight excluding hydrogens is 238 g/mol. The molecule has 1 rings (SSSR count). The Bertz CT molecular complexity index is 469. The fraction of sp³-hybridized carbons (Fsp3) is 0.533. The van der Waals surface area contributed by atoms with E-state index in [0.29, 0.717) is 0 Å². The van der Waals surface area contributed by atoms with Gasteiger partial charge in [0.15, 0.2) is 5.69 Å². The highest BCUT2D eigenvalue weighted by atomic mass is 28.4. The highest BCUT2D eigenvalue weighted by Crippen LogP contribution is 2.38. The van der Waals surface area contributed by atoms with E-state index in [9.17, 15) is 0 Å². The lowest BCUT2D eigenvalue weighted by atomic mass is 10.1. The molecule has 0 heterocycles. The van der Waals surface area contributed by atoms with Gasteiger partial charge in [-0.1, -0.05) is 20.8 Å². The monoisotopic (exact) mass is 261 g/mol. The molecule has 0 aliphatic rings. The predicted molar refractivity (Wildman–Crippen MR) is 80.0 cm³/mol. The first-order valence-electron chi connectivity index (χ1n) is 6.26. The van der Waals surface area contributed by atoms with E-state index < -0.39 is 8.32 Å². The van der Waals surface area contributed by atoms with Gasteiger partial charge in [0.05, 0.1) is 6.57 Å². The van der Waals surface area contributed by atoms with E-state index in [2.05, 4.69) is 38.7 Å². The first kappa shape index (κ1) is 14.8. The van der Waals surface area contributed by atoms with Crippen molar-refractivity contribution in [3.05, 3.63) is 34.7 Å². The van der Waals surface area contributed by atoms with Gasteiger partial charge < -0.3 is 4.43 Å². The summed E-state index contributed by atoms with van der Waals surface area (Å²) in [6.07, 6.45) is 0. The Kier molecular flexibility index (Phi) is 3.92. The maximum absolute atomic E-state index is 7.17. The number of hydrogen-bond acceptors (Lipinski definition) is 1. The molecule has 0 bridgehead atoms. The highest BCUT2D eigenvalue weighted by Gasteiger charge is 2.39. The van der Waals surface area contributed by atoms with Crippen molar-refractivity contribution in [1.82, 2.24) is 0 Å². The van der Waals surface area contributed by atoms with Crippen LogP contribution >= 0.6 is 0 Å². The van der Waals surface area contributed by atoms with Crippen molar-refractivity contribution in [3.8, 4) is 5.75 Å². The van der Waals surface area contributed by atoms with E-state index in [1.807, 2.05) is 26.0 Å². The topological polar surface area (TPSA) is 13.6 Å². The molecule has 2 nitrogen and oxygen atoms in total. The number of nitrogens with zero attached hydrogens (tertiary/aromatic N) is 1. The van der Waals surface area contributed by atoms with Crippen LogP contribution < -0.4 is 4.43 Å². The Morgan fingerprint density at radius 3 is 1.89 bits per heavy atom. The molecule has 0 N–H and O–H groups in total. The average molecular weight is 261 g/mol. The summed E-state index contributed by atoms with van der Waals surface area (Å²) in [6.45, 7) is 22.3. The lowest BCUT2D eigenvalue weighted by Gasteiger charge is -2.36. The summed E-state index contributed by atoms with van der Waals surface area (Å²) in [5, 5.41) is 0.188. The molecular formula is C15H23NOSi. The molecule has 0 aromatic heterocycles. The molecule has 0 unspecified atom stereocenters. The summed E-state index contributed by atoms with van der Waals surface area (Å²) in [5.41, 5.74) is 2.75. The van der Waals surface area contributed by atoms with E-state index in [1.165, 1.54) is 0 Å². The molecule has 0 fully saturated rings. The summed E-state index contributed by atoms with van der Waals surface area (Å²) in [7, 11) is -1.80. The van der Waals surface area contributed by atoms with Crippen LogP contribution in [0.2, 0.25) is 18.1 Å². The van der Waals surface area contributed by atoms with Gasteiger partial charge in [0.25, 0.3) is 0 Å². The van der Waals surface area contributed by atoms with Crippen molar-refractivity contribution in [2.24, 2.45) is 0 Å². The molecule has 1 aromatic rings. The van der Waals surface area contributed by atoms with Crippen LogP contribution in [0.3, 0.4) is 0 Å². The van der Waals surface area contributed by atoms with E-state index in [4.69, 9.17) is 11.0 Å². The van der Waals surface area contributed by atoms with Crippen molar-refractivity contribution in [1.29, 1.82) is 0 Å². The zero-order chi connectivity index (χ0) is 14.1. The summed E-state index contributed by atoms with van der Waals surface area (Å²) in [6, 6.07) is 3.97. The number of hydrogen-bond donors (Lipinski definition) is 0. The van der Waals surface area contributed by atoms with Gasteiger partial charge >= 0.3 is 0 Å². The Labute approximate surface area is 112 Å². The minimum atomic E-state index is -1.80. The maximum Gasteiger partial charge on any atom is 0.250 e. The van der Waals surface area contributed by atoms with E-state index in [1.54, 1.807) is 0 Å². The third-order valence-electron chi connectivity index (χ3n) is 3.76. The largest absolute Gasteiger partial charge is 0.544 e. The summed E-state index contributed by atoms with van der Waals surface area (Å²) < 4.78 is 6.26. The molecule has 0 aliphatic heterocycles. The molecule has 0 aliphatic carbocycles. The summed E-state index contributed by atoms with van der Waals surface area (Å²) in [5.74, 6) is 0.906. The standard InChI is InChI=1S/C15H23NOSi/c1-11-9-13(10-12(2)14(11)16-6)17-18(7,8)15(3,4)5/h9-10H,1-5,7-8H3. The van der Waals surface area contributed by atoms with Crippen molar-refractivity contribution in [2.75, 3.05) is 0 Å². The second-order valence-corrected chi connectivity index (χ2v) is 11.1. The van der Waals surface area contributed by atoms with Crippen molar-refractivity contribution in [2.45, 2.75) is 52.8 Å². The Morgan fingerprint density at radius 2 is 1.56 bits per heavy atom. The minimum Gasteiger partial charge on any atom is -0.544 e. The molecule has 1 aromatic carbocycles. The minimum absolute atomic E-state index is 0.188. The van der Waals surface area contributed by atoms with Crippen LogP contribution in [0.25, 0.3) is 4.85 Å². The summed E-state index contributed by atoms with van der Waals surface area (Å²) >= 11 is 0. The lowest BCUT2D eigenvalue weighted by molar-refractivity contribution is 0.491. The quantitative estimate of drug-likeness (QED) is 0.524. The second-order valence-electron chi connectivity index (χ2n) is 6.38. The van der Waals surface area contributed by atoms with Crippen LogP contribution in [0, 0.1) is 20.4 Å². The van der Waals surface area contributed by atoms with E-state index >= 15 is 0 Å². The number of aryl methyl sites for hydroxylation is 2. The van der Waals surface area contributed by atoms with Gasteiger partial charge in [0.2, 0.25) is 8.32 Å². The number of benzene rings is 1. The first-order chi connectivity index (χ1) is 8.08. The number of rotatable bonds is 2. The third-order valence-corrected chi connectivity index (χ3v) is 8.11. The molecule has 98 valence electrons. The Hall–Kier alpha value is -1.27. The van der Waals surface area contributed by atoms with Crippen LogP contribution in [0.15, 0.2) is 12.1 Å². The van der Waals surface area contributed by atoms with Gasteiger partial charge in [-0.2, -0.15) is 0 Å². The van der Waals surface area contributed by atoms with Gasteiger partial charge in [-0.25, -0.2) is 4.85 Å². The Morgan fingerprint density at radius 1 is 1.11 bits per heavy atom. The SMILES string of the molecule is [C-]#[N+]c1c(C)cc(O[Si](C)(C)C(C)(C)C)cc1C. The van der Waals surface area contributed by atoms with Crippen molar-refractivity contribution < 1.29 is 4.43 Å². The average Bonchev–Trinajstić information content (AvgIpc) is 2.14. The lowest BCUT2D eigenvalue weighted by Crippen LogP contribution is -2.43.